The lowest BCUT2D eigenvalue weighted by atomic mass is 10.3. The zero-order chi connectivity index (χ0) is 14.9. The normalized spacial score (nSPS) is 11.6. The Balaban J connectivity index is 2.32. The molecule has 1 aromatic heterocycles. The van der Waals surface area contributed by atoms with E-state index < -0.39 is 21.7 Å². The fourth-order valence-corrected chi connectivity index (χ4v) is 2.84. The van der Waals surface area contributed by atoms with Crippen LogP contribution in [-0.2, 0) is 23.6 Å². The number of anilines is 1. The van der Waals surface area contributed by atoms with Gasteiger partial charge in [-0.25, -0.2) is 17.2 Å². The predicted octanol–water partition coefficient (Wildman–Crippen LogP) is 1.56. The lowest BCUT2D eigenvalue weighted by Crippen LogP contribution is -2.12. The third-order valence-corrected chi connectivity index (χ3v) is 4.12. The molecule has 0 saturated heterocycles. The van der Waals surface area contributed by atoms with E-state index in [0.29, 0.717) is 5.69 Å². The fraction of sp³-hybridized carbons (Fsp3) is 0.167. The van der Waals surface area contributed by atoms with E-state index in [0.717, 1.165) is 18.2 Å². The molecule has 0 aliphatic carbocycles. The second-order valence-corrected chi connectivity index (χ2v) is 5.90. The molecule has 0 amide bonds. The summed E-state index contributed by atoms with van der Waals surface area (Å²) >= 11 is 0. The van der Waals surface area contributed by atoms with E-state index in [-0.39, 0.29) is 17.1 Å². The highest BCUT2D eigenvalue weighted by atomic mass is 32.2. The van der Waals surface area contributed by atoms with E-state index in [2.05, 4.69) is 4.72 Å². The quantitative estimate of drug-likeness (QED) is 0.899. The Morgan fingerprint density at radius 2 is 1.95 bits per heavy atom. The minimum atomic E-state index is -3.87. The lowest BCUT2D eigenvalue weighted by Gasteiger charge is -2.06. The van der Waals surface area contributed by atoms with Gasteiger partial charge in [0.05, 0.1) is 5.69 Å². The molecule has 1 aromatic carbocycles. The number of hydrogen-bond acceptors (Lipinski definition) is 3. The summed E-state index contributed by atoms with van der Waals surface area (Å²) in [6.07, 6.45) is 1.39. The second-order valence-electron chi connectivity index (χ2n) is 4.22. The van der Waals surface area contributed by atoms with Gasteiger partial charge in [-0.05, 0) is 18.2 Å². The highest BCUT2D eigenvalue weighted by molar-refractivity contribution is 7.92. The largest absolute Gasteiger partial charge is 0.352 e. The standard InChI is InChI=1S/C12H13F2N3O2S/c1-17-7-10(5-9(17)6-15)20(18,19)16-8-2-3-11(13)12(14)4-8/h2-5,7,16H,6,15H2,1H3. The van der Waals surface area contributed by atoms with Crippen LogP contribution in [0.3, 0.4) is 0 Å². The Hall–Kier alpha value is -1.93. The predicted molar refractivity (Wildman–Crippen MR) is 70.5 cm³/mol. The Morgan fingerprint density at radius 3 is 2.50 bits per heavy atom. The maximum Gasteiger partial charge on any atom is 0.263 e. The molecule has 0 spiro atoms. The minimum absolute atomic E-state index is 0.00480. The second kappa shape index (κ2) is 5.22. The van der Waals surface area contributed by atoms with Gasteiger partial charge < -0.3 is 10.3 Å². The number of halogens is 2. The Bertz CT molecular complexity index is 741. The maximum atomic E-state index is 13.0. The van der Waals surface area contributed by atoms with Gasteiger partial charge >= 0.3 is 0 Å². The van der Waals surface area contributed by atoms with Crippen LogP contribution < -0.4 is 10.5 Å². The van der Waals surface area contributed by atoms with Crippen molar-refractivity contribution in [3.8, 4) is 0 Å². The summed E-state index contributed by atoms with van der Waals surface area (Å²) in [6, 6.07) is 4.19. The topological polar surface area (TPSA) is 77.1 Å². The molecule has 0 saturated carbocycles. The summed E-state index contributed by atoms with van der Waals surface area (Å²) in [5.74, 6) is -2.17. The van der Waals surface area contributed by atoms with E-state index in [1.165, 1.54) is 12.3 Å². The average molecular weight is 301 g/mol. The molecular formula is C12H13F2N3O2S. The van der Waals surface area contributed by atoms with Crippen LogP contribution in [0.1, 0.15) is 5.69 Å². The van der Waals surface area contributed by atoms with Crippen LogP contribution in [0.25, 0.3) is 0 Å². The molecule has 0 unspecified atom stereocenters. The molecule has 0 atom stereocenters. The first-order chi connectivity index (χ1) is 9.33. The number of aromatic nitrogens is 1. The van der Waals surface area contributed by atoms with Crippen molar-refractivity contribution in [3.63, 3.8) is 0 Å². The van der Waals surface area contributed by atoms with Gasteiger partial charge in [0.1, 0.15) is 4.90 Å². The number of hydrogen-bond donors (Lipinski definition) is 2. The summed E-state index contributed by atoms with van der Waals surface area (Å²) in [6.45, 7) is 0.192. The molecule has 2 aromatic rings. The first-order valence-electron chi connectivity index (χ1n) is 5.66. The van der Waals surface area contributed by atoms with Crippen molar-refractivity contribution in [2.75, 3.05) is 4.72 Å². The van der Waals surface area contributed by atoms with Gasteiger partial charge in [0.15, 0.2) is 11.6 Å². The number of nitrogens with two attached hydrogens (primary N) is 1. The van der Waals surface area contributed by atoms with Crippen LogP contribution in [0, 0.1) is 11.6 Å². The maximum absolute atomic E-state index is 13.0. The molecule has 0 fully saturated rings. The Labute approximate surface area is 115 Å². The number of aryl methyl sites for hydroxylation is 1. The van der Waals surface area contributed by atoms with Gasteiger partial charge in [-0.2, -0.15) is 0 Å². The SMILES string of the molecule is Cn1cc(S(=O)(=O)Nc2ccc(F)c(F)c2)cc1CN. The summed E-state index contributed by atoms with van der Waals surface area (Å²) in [7, 11) is -2.20. The smallest absolute Gasteiger partial charge is 0.263 e. The van der Waals surface area contributed by atoms with Crippen molar-refractivity contribution in [1.29, 1.82) is 0 Å². The summed E-state index contributed by atoms with van der Waals surface area (Å²) in [5, 5.41) is 0. The number of benzene rings is 1. The Morgan fingerprint density at radius 1 is 1.25 bits per heavy atom. The first-order valence-corrected chi connectivity index (χ1v) is 7.15. The van der Waals surface area contributed by atoms with Crippen molar-refractivity contribution in [2.45, 2.75) is 11.4 Å². The highest BCUT2D eigenvalue weighted by Crippen LogP contribution is 2.19. The average Bonchev–Trinajstić information content (AvgIpc) is 2.76. The van der Waals surface area contributed by atoms with E-state index in [4.69, 9.17) is 5.73 Å². The third-order valence-electron chi connectivity index (χ3n) is 2.77. The summed E-state index contributed by atoms with van der Waals surface area (Å²) < 4.78 is 53.8. The molecule has 0 aliphatic rings. The molecule has 5 nitrogen and oxygen atoms in total. The van der Waals surface area contributed by atoms with Gasteiger partial charge in [-0.1, -0.05) is 0 Å². The molecule has 0 radical (unpaired) electrons. The fourth-order valence-electron chi connectivity index (χ4n) is 1.70. The van der Waals surface area contributed by atoms with Crippen LogP contribution in [0.5, 0.6) is 0 Å². The molecule has 8 heteroatoms. The molecule has 2 rings (SSSR count). The zero-order valence-corrected chi connectivity index (χ0v) is 11.4. The molecule has 0 aliphatic heterocycles. The van der Waals surface area contributed by atoms with Gasteiger partial charge in [-0.3, -0.25) is 4.72 Å². The van der Waals surface area contributed by atoms with E-state index in [1.54, 1.807) is 11.6 Å². The van der Waals surface area contributed by atoms with Gasteiger partial charge in [-0.15, -0.1) is 0 Å². The molecule has 3 N–H and O–H groups in total. The van der Waals surface area contributed by atoms with E-state index in [9.17, 15) is 17.2 Å². The number of nitrogens with one attached hydrogen (secondary N) is 1. The van der Waals surface area contributed by atoms with Crippen molar-refractivity contribution >= 4 is 15.7 Å². The van der Waals surface area contributed by atoms with E-state index in [1.807, 2.05) is 0 Å². The molecular weight excluding hydrogens is 288 g/mol. The number of rotatable bonds is 4. The highest BCUT2D eigenvalue weighted by Gasteiger charge is 2.18. The van der Waals surface area contributed by atoms with Crippen LogP contribution in [0.4, 0.5) is 14.5 Å². The van der Waals surface area contributed by atoms with E-state index >= 15 is 0 Å². The van der Waals surface area contributed by atoms with Crippen molar-refractivity contribution in [3.05, 3.63) is 47.8 Å². The first kappa shape index (κ1) is 14.5. The van der Waals surface area contributed by atoms with Crippen molar-refractivity contribution in [1.82, 2.24) is 4.57 Å². The van der Waals surface area contributed by atoms with Gasteiger partial charge in [0, 0.05) is 31.5 Å². The molecule has 1 heterocycles. The van der Waals surface area contributed by atoms with Gasteiger partial charge in [0.25, 0.3) is 10.0 Å². The third kappa shape index (κ3) is 2.81. The molecule has 0 bridgehead atoms. The number of sulfonamides is 1. The molecule has 20 heavy (non-hydrogen) atoms. The van der Waals surface area contributed by atoms with Crippen LogP contribution in [0.15, 0.2) is 35.4 Å². The van der Waals surface area contributed by atoms with Crippen LogP contribution in [-0.4, -0.2) is 13.0 Å². The lowest BCUT2D eigenvalue weighted by molar-refractivity contribution is 0.509. The monoisotopic (exact) mass is 301 g/mol. The zero-order valence-electron chi connectivity index (χ0n) is 10.6. The minimum Gasteiger partial charge on any atom is -0.352 e. The number of nitrogens with zero attached hydrogens (tertiary/aromatic N) is 1. The Kier molecular flexibility index (Phi) is 3.78. The summed E-state index contributed by atoms with van der Waals surface area (Å²) in [4.78, 5) is 0.00480. The van der Waals surface area contributed by atoms with Crippen LogP contribution >= 0.6 is 0 Å². The summed E-state index contributed by atoms with van der Waals surface area (Å²) in [5.41, 5.74) is 6.05. The van der Waals surface area contributed by atoms with Crippen LogP contribution in [0.2, 0.25) is 0 Å². The van der Waals surface area contributed by atoms with Gasteiger partial charge in [0.2, 0.25) is 0 Å². The molecule has 108 valence electrons. The van der Waals surface area contributed by atoms with Crippen molar-refractivity contribution in [2.24, 2.45) is 12.8 Å². The van der Waals surface area contributed by atoms with Crippen molar-refractivity contribution < 1.29 is 17.2 Å².